The fraction of sp³-hybridized carbons (Fsp3) is 0.333. The Morgan fingerprint density at radius 2 is 1.63 bits per heavy atom. The predicted octanol–water partition coefficient (Wildman–Crippen LogP) is 4.56. The molecule has 2 N–H and O–H groups in total. The molecular formula is C21H23F3N2O4. The molecule has 0 aromatic heterocycles. The Bertz CT molecular complexity index is 885. The molecule has 0 aliphatic carbocycles. The van der Waals surface area contributed by atoms with E-state index in [1.165, 1.54) is 13.2 Å². The molecule has 2 amide bonds. The van der Waals surface area contributed by atoms with Crippen LogP contribution in [0.1, 0.15) is 25.3 Å². The van der Waals surface area contributed by atoms with E-state index >= 15 is 0 Å². The highest BCUT2D eigenvalue weighted by Crippen LogP contribution is 2.30. The van der Waals surface area contributed by atoms with Crippen molar-refractivity contribution in [2.24, 2.45) is 0 Å². The lowest BCUT2D eigenvalue weighted by Gasteiger charge is -2.13. The van der Waals surface area contributed by atoms with Gasteiger partial charge in [-0.1, -0.05) is 19.1 Å². The SMILES string of the molecule is CCC(=O)Nc1cccc(NC(=O)CCc2ccc(OCC(F)(F)F)c(OC)c2)c1. The first-order valence-corrected chi connectivity index (χ1v) is 9.26. The maximum atomic E-state index is 12.3. The van der Waals surface area contributed by atoms with Crippen LogP contribution >= 0.6 is 0 Å². The number of carbonyl (C=O) groups excluding carboxylic acids is 2. The molecule has 0 aliphatic heterocycles. The number of benzene rings is 2. The standard InChI is InChI=1S/C21H23F3N2O4/c1-3-19(27)25-15-5-4-6-16(12-15)26-20(28)10-8-14-7-9-17(18(11-14)29-2)30-13-21(22,23)24/h4-7,9,11-12H,3,8,10,13H2,1-2H3,(H,25,27)(H,26,28). The summed E-state index contributed by atoms with van der Waals surface area (Å²) >= 11 is 0. The van der Waals surface area contributed by atoms with E-state index in [9.17, 15) is 22.8 Å². The predicted molar refractivity (Wildman–Crippen MR) is 107 cm³/mol. The Morgan fingerprint density at radius 3 is 2.23 bits per heavy atom. The summed E-state index contributed by atoms with van der Waals surface area (Å²) in [5, 5.41) is 5.46. The zero-order valence-corrected chi connectivity index (χ0v) is 16.6. The molecule has 2 aromatic rings. The minimum Gasteiger partial charge on any atom is -0.493 e. The van der Waals surface area contributed by atoms with Crippen LogP contribution in [-0.4, -0.2) is 31.7 Å². The van der Waals surface area contributed by atoms with E-state index in [1.54, 1.807) is 43.3 Å². The van der Waals surface area contributed by atoms with E-state index in [2.05, 4.69) is 10.6 Å². The van der Waals surface area contributed by atoms with Gasteiger partial charge < -0.3 is 20.1 Å². The van der Waals surface area contributed by atoms with Crippen molar-refractivity contribution in [3.63, 3.8) is 0 Å². The number of methoxy groups -OCH3 is 1. The molecule has 30 heavy (non-hydrogen) atoms. The van der Waals surface area contributed by atoms with Gasteiger partial charge in [-0.25, -0.2) is 0 Å². The molecule has 0 heterocycles. The third-order valence-corrected chi connectivity index (χ3v) is 4.01. The molecule has 0 unspecified atom stereocenters. The zero-order chi connectivity index (χ0) is 22.1. The van der Waals surface area contributed by atoms with E-state index in [-0.39, 0.29) is 29.7 Å². The number of alkyl halides is 3. The topological polar surface area (TPSA) is 76.7 Å². The number of aryl methyl sites for hydroxylation is 1. The van der Waals surface area contributed by atoms with E-state index in [4.69, 9.17) is 9.47 Å². The first kappa shape index (κ1) is 23.1. The van der Waals surface area contributed by atoms with Crippen LogP contribution in [0.3, 0.4) is 0 Å². The average Bonchev–Trinajstić information content (AvgIpc) is 2.70. The second-order valence-electron chi connectivity index (χ2n) is 6.42. The normalized spacial score (nSPS) is 11.0. The second-order valence-corrected chi connectivity index (χ2v) is 6.42. The maximum Gasteiger partial charge on any atom is 0.422 e. The van der Waals surface area contributed by atoms with Gasteiger partial charge in [0.25, 0.3) is 0 Å². The van der Waals surface area contributed by atoms with Gasteiger partial charge in [0.05, 0.1) is 7.11 Å². The van der Waals surface area contributed by atoms with E-state index in [0.717, 1.165) is 0 Å². The highest BCUT2D eigenvalue weighted by Gasteiger charge is 2.29. The van der Waals surface area contributed by atoms with Gasteiger partial charge in [0, 0.05) is 24.2 Å². The van der Waals surface area contributed by atoms with Gasteiger partial charge in [-0.05, 0) is 42.3 Å². The quantitative estimate of drug-likeness (QED) is 0.619. The first-order valence-electron chi connectivity index (χ1n) is 9.26. The number of amides is 2. The summed E-state index contributed by atoms with van der Waals surface area (Å²) in [6, 6.07) is 11.3. The highest BCUT2D eigenvalue weighted by atomic mass is 19.4. The Labute approximate surface area is 172 Å². The Kier molecular flexibility index (Phi) is 8.08. The number of carbonyl (C=O) groups is 2. The smallest absolute Gasteiger partial charge is 0.422 e. The van der Waals surface area contributed by atoms with Crippen LogP contribution in [0.4, 0.5) is 24.5 Å². The van der Waals surface area contributed by atoms with Crippen molar-refractivity contribution < 1.29 is 32.2 Å². The lowest BCUT2D eigenvalue weighted by atomic mass is 10.1. The molecule has 0 saturated carbocycles. The van der Waals surface area contributed by atoms with Crippen molar-refractivity contribution in [1.82, 2.24) is 0 Å². The van der Waals surface area contributed by atoms with Gasteiger partial charge in [-0.2, -0.15) is 13.2 Å². The fourth-order valence-corrected chi connectivity index (χ4v) is 2.55. The van der Waals surface area contributed by atoms with Crippen molar-refractivity contribution in [1.29, 1.82) is 0 Å². The molecule has 0 atom stereocenters. The van der Waals surface area contributed by atoms with Gasteiger partial charge in [0.15, 0.2) is 18.1 Å². The van der Waals surface area contributed by atoms with Crippen molar-refractivity contribution in [2.45, 2.75) is 32.4 Å². The summed E-state index contributed by atoms with van der Waals surface area (Å²) in [6.07, 6.45) is -3.59. The summed E-state index contributed by atoms with van der Waals surface area (Å²) in [5.74, 6) is -0.231. The molecule has 2 rings (SSSR count). The Hall–Kier alpha value is -3.23. The minimum atomic E-state index is -4.45. The number of nitrogens with one attached hydrogen (secondary N) is 2. The fourth-order valence-electron chi connectivity index (χ4n) is 2.55. The Morgan fingerprint density at radius 1 is 0.967 bits per heavy atom. The third-order valence-electron chi connectivity index (χ3n) is 4.01. The summed E-state index contributed by atoms with van der Waals surface area (Å²) < 4.78 is 46.8. The highest BCUT2D eigenvalue weighted by molar-refractivity contribution is 5.94. The molecule has 0 fully saturated rings. The van der Waals surface area contributed by atoms with Crippen molar-refractivity contribution in [3.8, 4) is 11.5 Å². The third kappa shape index (κ3) is 7.65. The molecule has 9 heteroatoms. The molecule has 0 saturated heterocycles. The van der Waals surface area contributed by atoms with Gasteiger partial charge in [0.1, 0.15) is 0 Å². The van der Waals surface area contributed by atoms with Crippen molar-refractivity contribution >= 4 is 23.2 Å². The molecular weight excluding hydrogens is 401 g/mol. The van der Waals surface area contributed by atoms with Crippen LogP contribution in [0.2, 0.25) is 0 Å². The number of hydrogen-bond acceptors (Lipinski definition) is 4. The van der Waals surface area contributed by atoms with Crippen LogP contribution < -0.4 is 20.1 Å². The number of ether oxygens (including phenoxy) is 2. The van der Waals surface area contributed by atoms with E-state index in [1.807, 2.05) is 0 Å². The van der Waals surface area contributed by atoms with E-state index < -0.39 is 12.8 Å². The average molecular weight is 424 g/mol. The molecule has 0 bridgehead atoms. The van der Waals surface area contributed by atoms with Crippen molar-refractivity contribution in [3.05, 3.63) is 48.0 Å². The lowest BCUT2D eigenvalue weighted by Crippen LogP contribution is -2.19. The van der Waals surface area contributed by atoms with Gasteiger partial charge >= 0.3 is 6.18 Å². The molecule has 2 aromatic carbocycles. The summed E-state index contributed by atoms with van der Waals surface area (Å²) in [7, 11) is 1.33. The molecule has 6 nitrogen and oxygen atoms in total. The van der Waals surface area contributed by atoms with Crippen LogP contribution in [0.25, 0.3) is 0 Å². The summed E-state index contributed by atoms with van der Waals surface area (Å²) in [5.41, 5.74) is 1.84. The van der Waals surface area contributed by atoms with E-state index in [0.29, 0.717) is 29.8 Å². The molecule has 0 aliphatic rings. The minimum absolute atomic E-state index is 0.0195. The zero-order valence-electron chi connectivity index (χ0n) is 16.6. The number of hydrogen-bond donors (Lipinski definition) is 2. The lowest BCUT2D eigenvalue weighted by molar-refractivity contribution is -0.153. The number of halogens is 3. The summed E-state index contributed by atoms with van der Waals surface area (Å²) in [6.45, 7) is 0.327. The first-order chi connectivity index (χ1) is 14.2. The maximum absolute atomic E-state index is 12.3. The summed E-state index contributed by atoms with van der Waals surface area (Å²) in [4.78, 5) is 23.7. The van der Waals surface area contributed by atoms with Crippen LogP contribution in [-0.2, 0) is 16.0 Å². The number of anilines is 2. The van der Waals surface area contributed by atoms with Gasteiger partial charge in [0.2, 0.25) is 11.8 Å². The largest absolute Gasteiger partial charge is 0.493 e. The van der Waals surface area contributed by atoms with Crippen LogP contribution in [0, 0.1) is 0 Å². The monoisotopic (exact) mass is 424 g/mol. The Balaban J connectivity index is 1.93. The molecule has 0 spiro atoms. The molecule has 162 valence electrons. The van der Waals surface area contributed by atoms with Gasteiger partial charge in [-0.3, -0.25) is 9.59 Å². The van der Waals surface area contributed by atoms with Crippen molar-refractivity contribution in [2.75, 3.05) is 24.4 Å². The van der Waals surface area contributed by atoms with Crippen LogP contribution in [0.5, 0.6) is 11.5 Å². The number of rotatable bonds is 9. The molecule has 0 radical (unpaired) electrons. The van der Waals surface area contributed by atoms with Gasteiger partial charge in [-0.15, -0.1) is 0 Å². The van der Waals surface area contributed by atoms with Crippen LogP contribution in [0.15, 0.2) is 42.5 Å². The second kappa shape index (κ2) is 10.5.